The van der Waals surface area contributed by atoms with E-state index in [1.165, 1.54) is 19.3 Å². The van der Waals surface area contributed by atoms with Crippen LogP contribution in [0.1, 0.15) is 26.2 Å². The van der Waals surface area contributed by atoms with Gasteiger partial charge in [-0.2, -0.15) is 0 Å². The summed E-state index contributed by atoms with van der Waals surface area (Å²) in [5.41, 5.74) is 0. The molecule has 2 N–H and O–H groups in total. The molecule has 3 heteroatoms. The third-order valence-corrected chi connectivity index (χ3v) is 4.87. The molecule has 3 aliphatic rings. The first kappa shape index (κ1) is 9.64. The lowest BCUT2D eigenvalue weighted by atomic mass is 10.0. The summed E-state index contributed by atoms with van der Waals surface area (Å²) in [5, 5.41) is 6.20. The normalized spacial score (nSPS) is 47.5. The summed E-state index contributed by atoms with van der Waals surface area (Å²) in [4.78, 5) is 11.7. The summed E-state index contributed by atoms with van der Waals surface area (Å²) in [7, 11) is 1.83. The van der Waals surface area contributed by atoms with Crippen molar-refractivity contribution in [2.24, 2.45) is 23.7 Å². The Kier molecular flexibility index (Phi) is 2.06. The molecule has 0 saturated heterocycles. The number of rotatable bonds is 3. The topological polar surface area (TPSA) is 41.1 Å². The lowest BCUT2D eigenvalue weighted by Crippen LogP contribution is -2.42. The van der Waals surface area contributed by atoms with Gasteiger partial charge in [-0.15, -0.1) is 0 Å². The van der Waals surface area contributed by atoms with Gasteiger partial charge >= 0.3 is 0 Å². The Labute approximate surface area is 91.0 Å². The first-order chi connectivity index (χ1) is 7.22. The molecule has 0 aromatic heterocycles. The van der Waals surface area contributed by atoms with Crippen molar-refractivity contribution in [3.63, 3.8) is 0 Å². The second kappa shape index (κ2) is 3.21. The number of carbonyl (C=O) groups excluding carboxylic acids is 1. The molecule has 0 heterocycles. The molecule has 84 valence electrons. The Morgan fingerprint density at radius 1 is 1.27 bits per heavy atom. The van der Waals surface area contributed by atoms with E-state index in [0.717, 1.165) is 23.7 Å². The molecule has 3 nitrogen and oxygen atoms in total. The first-order valence-corrected chi connectivity index (χ1v) is 6.20. The number of likely N-dealkylation sites (N-methyl/N-ethyl adjacent to an activating group) is 1. The second-order valence-corrected chi connectivity index (χ2v) is 5.53. The highest BCUT2D eigenvalue weighted by Gasteiger charge is 2.65. The molecule has 5 unspecified atom stereocenters. The van der Waals surface area contributed by atoms with Gasteiger partial charge in [0.05, 0.1) is 6.04 Å². The van der Waals surface area contributed by atoms with Crippen molar-refractivity contribution in [3.8, 4) is 0 Å². The van der Waals surface area contributed by atoms with Crippen molar-refractivity contribution >= 4 is 5.91 Å². The minimum atomic E-state index is -0.0519. The van der Waals surface area contributed by atoms with Gasteiger partial charge in [-0.05, 0) is 56.9 Å². The first-order valence-electron chi connectivity index (χ1n) is 6.20. The van der Waals surface area contributed by atoms with E-state index in [1.54, 1.807) is 0 Å². The fraction of sp³-hybridized carbons (Fsp3) is 0.917. The van der Waals surface area contributed by atoms with Gasteiger partial charge in [-0.3, -0.25) is 4.79 Å². The Hall–Kier alpha value is -0.570. The SMILES string of the molecule is CNC(C)C(=O)NC1C2C3CCC(C3)C12. The van der Waals surface area contributed by atoms with Gasteiger partial charge in [0.1, 0.15) is 0 Å². The molecule has 0 aromatic rings. The van der Waals surface area contributed by atoms with Crippen LogP contribution in [0.2, 0.25) is 0 Å². The summed E-state index contributed by atoms with van der Waals surface area (Å²) >= 11 is 0. The Morgan fingerprint density at radius 2 is 1.87 bits per heavy atom. The Morgan fingerprint density at radius 3 is 2.40 bits per heavy atom. The predicted molar refractivity (Wildman–Crippen MR) is 58.3 cm³/mol. The molecule has 0 aromatic carbocycles. The smallest absolute Gasteiger partial charge is 0.237 e. The van der Waals surface area contributed by atoms with Gasteiger partial charge in [0.2, 0.25) is 5.91 Å². The van der Waals surface area contributed by atoms with Gasteiger partial charge in [0.25, 0.3) is 0 Å². The highest BCUT2D eigenvalue weighted by molar-refractivity contribution is 5.82. The van der Waals surface area contributed by atoms with Crippen LogP contribution in [-0.4, -0.2) is 25.0 Å². The third kappa shape index (κ3) is 1.32. The van der Waals surface area contributed by atoms with Crippen LogP contribution in [0.5, 0.6) is 0 Å². The van der Waals surface area contributed by atoms with Crippen LogP contribution in [0.4, 0.5) is 0 Å². The zero-order valence-corrected chi connectivity index (χ0v) is 9.49. The van der Waals surface area contributed by atoms with Crippen LogP contribution in [-0.2, 0) is 4.79 Å². The average molecular weight is 208 g/mol. The monoisotopic (exact) mass is 208 g/mol. The molecule has 15 heavy (non-hydrogen) atoms. The van der Waals surface area contributed by atoms with Crippen LogP contribution in [0, 0.1) is 23.7 Å². The quantitative estimate of drug-likeness (QED) is 0.719. The maximum Gasteiger partial charge on any atom is 0.237 e. The van der Waals surface area contributed by atoms with Crippen LogP contribution in [0.15, 0.2) is 0 Å². The molecule has 3 aliphatic carbocycles. The maximum atomic E-state index is 11.7. The van der Waals surface area contributed by atoms with E-state index in [4.69, 9.17) is 0 Å². The van der Waals surface area contributed by atoms with Crippen molar-refractivity contribution < 1.29 is 4.79 Å². The molecule has 3 fully saturated rings. The molecule has 0 spiro atoms. The van der Waals surface area contributed by atoms with Crippen LogP contribution >= 0.6 is 0 Å². The number of carbonyl (C=O) groups is 1. The molecule has 5 atom stereocenters. The molecular weight excluding hydrogens is 188 g/mol. The fourth-order valence-corrected chi connectivity index (χ4v) is 3.94. The van der Waals surface area contributed by atoms with Crippen LogP contribution < -0.4 is 10.6 Å². The number of nitrogens with one attached hydrogen (secondary N) is 2. The number of hydrogen-bond donors (Lipinski definition) is 2. The zero-order chi connectivity index (χ0) is 10.6. The summed E-state index contributed by atoms with van der Waals surface area (Å²) < 4.78 is 0. The molecule has 3 rings (SSSR count). The van der Waals surface area contributed by atoms with E-state index < -0.39 is 0 Å². The standard InChI is InChI=1S/C12H20N2O/c1-6(13-2)12(15)14-11-9-7-3-4-8(5-7)10(9)11/h6-11,13H,3-5H2,1-2H3,(H,14,15). The van der Waals surface area contributed by atoms with Gasteiger partial charge < -0.3 is 10.6 Å². The van der Waals surface area contributed by atoms with E-state index in [1.807, 2.05) is 14.0 Å². The summed E-state index contributed by atoms with van der Waals surface area (Å²) in [6.45, 7) is 1.92. The van der Waals surface area contributed by atoms with Crippen molar-refractivity contribution in [1.82, 2.24) is 10.6 Å². The van der Waals surface area contributed by atoms with E-state index in [-0.39, 0.29) is 11.9 Å². The van der Waals surface area contributed by atoms with E-state index >= 15 is 0 Å². The zero-order valence-electron chi connectivity index (χ0n) is 9.49. The maximum absolute atomic E-state index is 11.7. The average Bonchev–Trinajstić information content (AvgIpc) is 2.66. The Balaban J connectivity index is 1.57. The highest BCUT2D eigenvalue weighted by Crippen LogP contribution is 2.65. The van der Waals surface area contributed by atoms with Crippen molar-refractivity contribution in [3.05, 3.63) is 0 Å². The molecule has 1 amide bonds. The largest absolute Gasteiger partial charge is 0.351 e. The number of hydrogen-bond acceptors (Lipinski definition) is 2. The summed E-state index contributed by atoms with van der Waals surface area (Å²) in [6, 6.07) is 0.475. The van der Waals surface area contributed by atoms with Crippen molar-refractivity contribution in [1.29, 1.82) is 0 Å². The minimum absolute atomic E-state index is 0.0519. The third-order valence-electron chi connectivity index (χ3n) is 4.87. The molecular formula is C12H20N2O. The van der Waals surface area contributed by atoms with E-state index in [9.17, 15) is 4.79 Å². The number of amides is 1. The van der Waals surface area contributed by atoms with Gasteiger partial charge in [-0.1, -0.05) is 0 Å². The molecule has 0 radical (unpaired) electrons. The van der Waals surface area contributed by atoms with E-state index in [2.05, 4.69) is 10.6 Å². The van der Waals surface area contributed by atoms with Gasteiger partial charge in [0.15, 0.2) is 0 Å². The summed E-state index contributed by atoms with van der Waals surface area (Å²) in [6.07, 6.45) is 4.28. The van der Waals surface area contributed by atoms with Gasteiger partial charge in [0, 0.05) is 6.04 Å². The molecule has 2 bridgehead atoms. The minimum Gasteiger partial charge on any atom is -0.351 e. The Bertz CT molecular complexity index is 275. The fourth-order valence-electron chi connectivity index (χ4n) is 3.94. The van der Waals surface area contributed by atoms with E-state index in [0.29, 0.717) is 6.04 Å². The summed E-state index contributed by atoms with van der Waals surface area (Å²) in [5.74, 6) is 3.75. The molecule has 3 saturated carbocycles. The second-order valence-electron chi connectivity index (χ2n) is 5.53. The predicted octanol–water partition coefficient (Wildman–Crippen LogP) is 0.755. The van der Waals surface area contributed by atoms with Crippen molar-refractivity contribution in [2.45, 2.75) is 38.3 Å². The van der Waals surface area contributed by atoms with Crippen LogP contribution in [0.3, 0.4) is 0 Å². The van der Waals surface area contributed by atoms with Crippen LogP contribution in [0.25, 0.3) is 0 Å². The molecule has 0 aliphatic heterocycles. The van der Waals surface area contributed by atoms with Gasteiger partial charge in [-0.25, -0.2) is 0 Å². The van der Waals surface area contributed by atoms with Crippen molar-refractivity contribution in [2.75, 3.05) is 7.05 Å². The highest BCUT2D eigenvalue weighted by atomic mass is 16.2. The number of fused-ring (bicyclic) bond motifs is 5. The lowest BCUT2D eigenvalue weighted by Gasteiger charge is -2.14. The lowest BCUT2D eigenvalue weighted by molar-refractivity contribution is -0.123.